The molecule has 0 fully saturated rings. The minimum Gasteiger partial charge on any atom is -0.285 e. The number of hydrogen-bond donors (Lipinski definition) is 1. The molecule has 1 aromatic rings. The van der Waals surface area contributed by atoms with E-state index in [9.17, 15) is 22.4 Å². The Balaban J connectivity index is 3.11. The summed E-state index contributed by atoms with van der Waals surface area (Å²) in [4.78, 5) is 11.4. The zero-order chi connectivity index (χ0) is 13.2. The van der Waals surface area contributed by atoms with Crippen molar-refractivity contribution in [3.63, 3.8) is 0 Å². The van der Waals surface area contributed by atoms with Gasteiger partial charge in [0.05, 0.1) is 11.1 Å². The summed E-state index contributed by atoms with van der Waals surface area (Å²) in [5, 5.41) is 1.21. The monoisotopic (exact) mass is 250 g/mol. The number of amides is 1. The van der Waals surface area contributed by atoms with Crippen LogP contribution >= 0.6 is 0 Å². The second kappa shape index (κ2) is 4.70. The van der Waals surface area contributed by atoms with Gasteiger partial charge in [-0.2, -0.15) is 13.2 Å². The van der Waals surface area contributed by atoms with E-state index in [0.29, 0.717) is 18.2 Å². The predicted molar refractivity (Wildman–Crippen MR) is 52.6 cm³/mol. The van der Waals surface area contributed by atoms with Crippen LogP contribution in [-0.4, -0.2) is 25.0 Å². The van der Waals surface area contributed by atoms with Gasteiger partial charge < -0.3 is 0 Å². The number of benzene rings is 1. The summed E-state index contributed by atoms with van der Waals surface area (Å²) in [6.45, 7) is 0. The molecule has 0 heterocycles. The van der Waals surface area contributed by atoms with Gasteiger partial charge in [-0.3, -0.25) is 10.2 Å². The van der Waals surface area contributed by atoms with Crippen LogP contribution < -0.4 is 5.43 Å². The molecule has 0 spiro atoms. The van der Waals surface area contributed by atoms with Crippen LogP contribution in [0.4, 0.5) is 17.6 Å². The van der Waals surface area contributed by atoms with Crippen LogP contribution in [0.3, 0.4) is 0 Å². The highest BCUT2D eigenvalue weighted by Gasteiger charge is 2.31. The van der Waals surface area contributed by atoms with Gasteiger partial charge in [0.1, 0.15) is 5.82 Å². The maximum Gasteiger partial charge on any atom is 0.416 e. The summed E-state index contributed by atoms with van der Waals surface area (Å²) >= 11 is 0. The molecule has 0 unspecified atom stereocenters. The lowest BCUT2D eigenvalue weighted by atomic mass is 10.1. The molecule has 3 nitrogen and oxygen atoms in total. The third-order valence-electron chi connectivity index (χ3n) is 1.86. The number of nitrogens with zero attached hydrogens (tertiary/aromatic N) is 1. The third-order valence-corrected chi connectivity index (χ3v) is 1.86. The van der Waals surface area contributed by atoms with E-state index in [4.69, 9.17) is 0 Å². The number of hydrogen-bond acceptors (Lipinski definition) is 2. The highest BCUT2D eigenvalue weighted by molar-refractivity contribution is 5.94. The largest absolute Gasteiger partial charge is 0.416 e. The first-order valence-electron chi connectivity index (χ1n) is 4.57. The molecule has 0 saturated carbocycles. The van der Waals surface area contributed by atoms with Crippen LogP contribution in [0.2, 0.25) is 0 Å². The van der Waals surface area contributed by atoms with E-state index in [1.807, 2.05) is 0 Å². The first-order chi connectivity index (χ1) is 7.71. The first kappa shape index (κ1) is 13.4. The summed E-state index contributed by atoms with van der Waals surface area (Å²) in [7, 11) is 2.92. The number of carbonyl (C=O) groups excluding carboxylic acids is 1. The van der Waals surface area contributed by atoms with E-state index in [1.54, 1.807) is 0 Å². The Morgan fingerprint density at radius 3 is 2.35 bits per heavy atom. The van der Waals surface area contributed by atoms with Gasteiger partial charge in [0.25, 0.3) is 5.91 Å². The van der Waals surface area contributed by atoms with Crippen molar-refractivity contribution in [1.29, 1.82) is 0 Å². The average molecular weight is 250 g/mol. The Morgan fingerprint density at radius 2 is 1.88 bits per heavy atom. The molecule has 0 saturated heterocycles. The zero-order valence-electron chi connectivity index (χ0n) is 9.10. The van der Waals surface area contributed by atoms with Crippen molar-refractivity contribution in [2.45, 2.75) is 6.18 Å². The van der Waals surface area contributed by atoms with Gasteiger partial charge in [0, 0.05) is 14.1 Å². The van der Waals surface area contributed by atoms with Crippen LogP contribution in [0.15, 0.2) is 18.2 Å². The van der Waals surface area contributed by atoms with E-state index in [0.717, 1.165) is 0 Å². The highest BCUT2D eigenvalue weighted by atomic mass is 19.4. The molecule has 0 aromatic heterocycles. The Bertz CT molecular complexity index is 429. The van der Waals surface area contributed by atoms with Crippen molar-refractivity contribution in [2.75, 3.05) is 14.1 Å². The summed E-state index contributed by atoms with van der Waals surface area (Å²) in [5.41, 5.74) is 0.454. The van der Waals surface area contributed by atoms with Crippen molar-refractivity contribution in [3.8, 4) is 0 Å². The number of hydrazine groups is 1. The van der Waals surface area contributed by atoms with E-state index >= 15 is 0 Å². The highest BCUT2D eigenvalue weighted by Crippen LogP contribution is 2.30. The molecule has 1 rings (SSSR count). The fourth-order valence-corrected chi connectivity index (χ4v) is 1.14. The van der Waals surface area contributed by atoms with Crippen molar-refractivity contribution in [3.05, 3.63) is 35.1 Å². The molecule has 0 aliphatic heterocycles. The minimum absolute atomic E-state index is 0.480. The van der Waals surface area contributed by atoms with Gasteiger partial charge in [-0.25, -0.2) is 9.40 Å². The van der Waals surface area contributed by atoms with Crippen LogP contribution in [-0.2, 0) is 6.18 Å². The van der Waals surface area contributed by atoms with Gasteiger partial charge in [-0.05, 0) is 18.2 Å². The van der Waals surface area contributed by atoms with Gasteiger partial charge in [-0.15, -0.1) is 0 Å². The molecule has 0 bridgehead atoms. The fourth-order valence-electron chi connectivity index (χ4n) is 1.14. The summed E-state index contributed by atoms with van der Waals surface area (Å²) in [5.74, 6) is -1.93. The van der Waals surface area contributed by atoms with E-state index < -0.39 is 29.0 Å². The number of rotatable bonds is 2. The quantitative estimate of drug-likeness (QED) is 0.643. The van der Waals surface area contributed by atoms with Crippen LogP contribution in [0.5, 0.6) is 0 Å². The van der Waals surface area contributed by atoms with Gasteiger partial charge in [0.2, 0.25) is 0 Å². The normalized spacial score (nSPS) is 11.7. The predicted octanol–water partition coefficient (Wildman–Crippen LogP) is 2.05. The molecule has 94 valence electrons. The SMILES string of the molecule is CN(C)NC(=O)c1cc(C(F)(F)F)ccc1F. The second-order valence-electron chi connectivity index (χ2n) is 3.53. The van der Waals surface area contributed by atoms with E-state index in [2.05, 4.69) is 5.43 Å². The lowest BCUT2D eigenvalue weighted by Crippen LogP contribution is -2.36. The maximum atomic E-state index is 13.2. The molecule has 7 heteroatoms. The summed E-state index contributed by atoms with van der Waals surface area (Å²) in [6, 6.07) is 1.68. The Labute approximate surface area is 95.0 Å². The summed E-state index contributed by atoms with van der Waals surface area (Å²) in [6.07, 6.45) is -4.61. The van der Waals surface area contributed by atoms with Crippen LogP contribution in [0.1, 0.15) is 15.9 Å². The average Bonchev–Trinajstić information content (AvgIpc) is 2.15. The van der Waals surface area contributed by atoms with Gasteiger partial charge in [-0.1, -0.05) is 0 Å². The molecular formula is C10H10F4N2O. The maximum absolute atomic E-state index is 13.2. The number of halogens is 4. The van der Waals surface area contributed by atoms with Crippen LogP contribution in [0, 0.1) is 5.82 Å². The molecular weight excluding hydrogens is 240 g/mol. The third kappa shape index (κ3) is 3.42. The topological polar surface area (TPSA) is 32.3 Å². The smallest absolute Gasteiger partial charge is 0.285 e. The number of nitrogens with one attached hydrogen (secondary N) is 1. The van der Waals surface area contributed by atoms with E-state index in [-0.39, 0.29) is 0 Å². The van der Waals surface area contributed by atoms with Crippen molar-refractivity contribution >= 4 is 5.91 Å². The molecule has 0 aliphatic carbocycles. The Kier molecular flexibility index (Phi) is 3.72. The molecule has 0 aliphatic rings. The molecule has 0 radical (unpaired) electrons. The molecule has 1 amide bonds. The fraction of sp³-hybridized carbons (Fsp3) is 0.300. The molecule has 1 N–H and O–H groups in total. The minimum atomic E-state index is -4.61. The summed E-state index contributed by atoms with van der Waals surface area (Å²) < 4.78 is 50.3. The molecule has 0 atom stereocenters. The molecule has 1 aromatic carbocycles. The van der Waals surface area contributed by atoms with E-state index in [1.165, 1.54) is 19.1 Å². The Morgan fingerprint density at radius 1 is 1.29 bits per heavy atom. The molecule has 17 heavy (non-hydrogen) atoms. The van der Waals surface area contributed by atoms with Gasteiger partial charge in [0.15, 0.2) is 0 Å². The van der Waals surface area contributed by atoms with Crippen molar-refractivity contribution in [1.82, 2.24) is 10.4 Å². The second-order valence-corrected chi connectivity index (χ2v) is 3.53. The van der Waals surface area contributed by atoms with Crippen molar-refractivity contribution < 1.29 is 22.4 Å². The standard InChI is InChI=1S/C10H10F4N2O/c1-16(2)15-9(17)7-5-6(10(12,13)14)3-4-8(7)11/h3-5H,1-2H3,(H,15,17). The number of alkyl halides is 3. The lowest BCUT2D eigenvalue weighted by molar-refractivity contribution is -0.137. The zero-order valence-corrected chi connectivity index (χ0v) is 9.10. The van der Waals surface area contributed by atoms with Gasteiger partial charge >= 0.3 is 6.18 Å². The van der Waals surface area contributed by atoms with Crippen LogP contribution in [0.25, 0.3) is 0 Å². The Hall–Kier alpha value is -1.63. The lowest BCUT2D eigenvalue weighted by Gasteiger charge is -2.13. The number of carbonyl (C=O) groups is 1. The van der Waals surface area contributed by atoms with Crippen molar-refractivity contribution in [2.24, 2.45) is 0 Å². The first-order valence-corrected chi connectivity index (χ1v) is 4.57.